The first-order valence-corrected chi connectivity index (χ1v) is 7.74. The monoisotopic (exact) mass is 317 g/mol. The molecule has 1 aliphatic rings. The minimum atomic E-state index is 0.455. The Morgan fingerprint density at radius 3 is 2.55 bits per heavy atom. The zero-order chi connectivity index (χ0) is 15.5. The van der Waals surface area contributed by atoms with Crippen molar-refractivity contribution in [3.8, 4) is 22.8 Å². The second-order valence-corrected chi connectivity index (χ2v) is 5.55. The fraction of sp³-hybridized carbons (Fsp3) is 0.375. The molecule has 3 rings (SSSR count). The molecule has 5 nitrogen and oxygen atoms in total. The average Bonchev–Trinajstić information content (AvgIpc) is 2.78. The van der Waals surface area contributed by atoms with E-state index < -0.39 is 0 Å². The van der Waals surface area contributed by atoms with Crippen molar-refractivity contribution in [3.05, 3.63) is 28.5 Å². The topological polar surface area (TPSA) is 59.2 Å². The van der Waals surface area contributed by atoms with Gasteiger partial charge < -0.3 is 19.8 Å². The van der Waals surface area contributed by atoms with E-state index in [1.54, 1.807) is 14.2 Å². The zero-order valence-electron chi connectivity index (χ0n) is 12.7. The summed E-state index contributed by atoms with van der Waals surface area (Å²) in [6.45, 7) is 0.918. The third-order valence-corrected chi connectivity index (χ3v) is 4.05. The van der Waals surface area contributed by atoms with Gasteiger partial charge in [0, 0.05) is 12.1 Å². The lowest BCUT2D eigenvalue weighted by molar-refractivity contribution is 0.397. The Morgan fingerprint density at radius 2 is 1.86 bits per heavy atom. The number of hydrogen-bond acceptors (Lipinski definition) is 5. The molecule has 0 atom stereocenters. The molecule has 2 aromatic rings. The van der Waals surface area contributed by atoms with Crippen LogP contribution in [0.25, 0.3) is 11.3 Å². The molecule has 0 saturated heterocycles. The largest absolute Gasteiger partial charge is 0.496 e. The minimum absolute atomic E-state index is 0.455. The summed E-state index contributed by atoms with van der Waals surface area (Å²) in [6, 6.07) is 5.76. The summed E-state index contributed by atoms with van der Waals surface area (Å²) in [7, 11) is 3.32. The average molecular weight is 317 g/mol. The van der Waals surface area contributed by atoms with Crippen molar-refractivity contribution < 1.29 is 9.47 Å². The lowest BCUT2D eigenvalue weighted by Crippen LogP contribution is -2.06. The molecule has 6 heteroatoms. The minimum Gasteiger partial charge on any atom is -0.496 e. The molecular weight excluding hydrogens is 298 g/mol. The fourth-order valence-corrected chi connectivity index (χ4v) is 3.03. The van der Waals surface area contributed by atoms with Crippen molar-refractivity contribution >= 4 is 18.0 Å². The molecule has 0 radical (unpaired) electrons. The van der Waals surface area contributed by atoms with Crippen LogP contribution in [0.3, 0.4) is 0 Å². The van der Waals surface area contributed by atoms with Crippen molar-refractivity contribution in [2.45, 2.75) is 19.3 Å². The number of nitrogens with one attached hydrogen (secondary N) is 2. The van der Waals surface area contributed by atoms with Crippen LogP contribution in [-0.2, 0) is 6.42 Å². The Hall–Kier alpha value is -2.08. The van der Waals surface area contributed by atoms with Crippen LogP contribution in [0.4, 0.5) is 5.82 Å². The van der Waals surface area contributed by atoms with Crippen LogP contribution in [0.15, 0.2) is 18.2 Å². The van der Waals surface area contributed by atoms with E-state index in [9.17, 15) is 0 Å². The van der Waals surface area contributed by atoms with Gasteiger partial charge in [-0.05, 0) is 43.6 Å². The number of ether oxygens (including phenoxy) is 2. The molecule has 1 aromatic heterocycles. The number of aromatic nitrogens is 2. The highest BCUT2D eigenvalue weighted by atomic mass is 32.1. The van der Waals surface area contributed by atoms with Gasteiger partial charge in [0.15, 0.2) is 4.77 Å². The molecule has 0 aliphatic carbocycles. The van der Waals surface area contributed by atoms with E-state index in [1.807, 2.05) is 18.2 Å². The van der Waals surface area contributed by atoms with E-state index in [-0.39, 0.29) is 0 Å². The van der Waals surface area contributed by atoms with Crippen molar-refractivity contribution in [1.82, 2.24) is 9.97 Å². The fourth-order valence-electron chi connectivity index (χ4n) is 2.83. The molecule has 116 valence electrons. The van der Waals surface area contributed by atoms with Crippen LogP contribution in [0, 0.1) is 4.77 Å². The van der Waals surface area contributed by atoms with Crippen LogP contribution in [0.2, 0.25) is 0 Å². The molecule has 1 aromatic carbocycles. The Kier molecular flexibility index (Phi) is 4.29. The highest BCUT2D eigenvalue weighted by Crippen LogP contribution is 2.40. The normalized spacial score (nSPS) is 13.7. The number of aromatic amines is 1. The second kappa shape index (κ2) is 6.36. The highest BCUT2D eigenvalue weighted by Gasteiger charge is 2.21. The van der Waals surface area contributed by atoms with Gasteiger partial charge in [-0.1, -0.05) is 6.07 Å². The maximum atomic E-state index is 5.53. The van der Waals surface area contributed by atoms with Gasteiger partial charge in [0.1, 0.15) is 17.3 Å². The van der Waals surface area contributed by atoms with Crippen LogP contribution in [0.1, 0.15) is 18.4 Å². The van der Waals surface area contributed by atoms with Crippen LogP contribution >= 0.6 is 12.2 Å². The predicted molar refractivity (Wildman–Crippen MR) is 89.4 cm³/mol. The molecule has 0 unspecified atom stereocenters. The molecule has 2 heterocycles. The van der Waals surface area contributed by atoms with Gasteiger partial charge in [0.05, 0.1) is 25.5 Å². The van der Waals surface area contributed by atoms with Gasteiger partial charge in [-0.2, -0.15) is 0 Å². The first kappa shape index (κ1) is 14.8. The van der Waals surface area contributed by atoms with Crippen molar-refractivity contribution in [1.29, 1.82) is 0 Å². The van der Waals surface area contributed by atoms with Crippen LogP contribution in [0.5, 0.6) is 11.5 Å². The first-order valence-electron chi connectivity index (χ1n) is 7.33. The first-order chi connectivity index (χ1) is 10.7. The Labute approximate surface area is 134 Å². The van der Waals surface area contributed by atoms with Crippen LogP contribution in [-0.4, -0.2) is 30.7 Å². The molecule has 0 amide bonds. The van der Waals surface area contributed by atoms with Gasteiger partial charge in [0.2, 0.25) is 0 Å². The lowest BCUT2D eigenvalue weighted by Gasteiger charge is -2.17. The SMILES string of the molecule is COc1cccc(OC)c1-c1[nH]c(=S)nc2c1CCCCN2. The van der Waals surface area contributed by atoms with Crippen LogP contribution < -0.4 is 14.8 Å². The van der Waals surface area contributed by atoms with E-state index in [2.05, 4.69) is 15.3 Å². The summed E-state index contributed by atoms with van der Waals surface area (Å²) >= 11 is 5.30. The number of methoxy groups -OCH3 is 2. The van der Waals surface area contributed by atoms with Gasteiger partial charge in [-0.25, -0.2) is 4.98 Å². The predicted octanol–water partition coefficient (Wildman–Crippen LogP) is 3.57. The van der Waals surface area contributed by atoms with Crippen molar-refractivity contribution in [2.75, 3.05) is 26.1 Å². The van der Waals surface area contributed by atoms with E-state index in [1.165, 1.54) is 0 Å². The van der Waals surface area contributed by atoms with Gasteiger partial charge in [-0.3, -0.25) is 0 Å². The lowest BCUT2D eigenvalue weighted by atomic mass is 10.0. The maximum absolute atomic E-state index is 5.53. The highest BCUT2D eigenvalue weighted by molar-refractivity contribution is 7.71. The number of hydrogen-bond donors (Lipinski definition) is 2. The van der Waals surface area contributed by atoms with Crippen molar-refractivity contribution in [2.24, 2.45) is 0 Å². The molecule has 1 aliphatic heterocycles. The molecule has 22 heavy (non-hydrogen) atoms. The standard InChI is InChI=1S/C16H19N3O2S/c1-20-11-7-5-8-12(21-2)13(11)14-10-6-3-4-9-17-15(10)19-16(22)18-14/h5,7-8H,3-4,6,9H2,1-2H3,(H2,17,18,19,22). The Morgan fingerprint density at radius 1 is 1.14 bits per heavy atom. The Bertz CT molecular complexity index is 720. The number of rotatable bonds is 3. The third-order valence-electron chi connectivity index (χ3n) is 3.86. The summed E-state index contributed by atoms with van der Waals surface area (Å²) in [6.07, 6.45) is 3.17. The zero-order valence-corrected chi connectivity index (χ0v) is 13.5. The molecule has 0 bridgehead atoms. The smallest absolute Gasteiger partial charge is 0.199 e. The summed E-state index contributed by atoms with van der Waals surface area (Å²) in [5, 5.41) is 3.37. The summed E-state index contributed by atoms with van der Waals surface area (Å²) < 4.78 is 11.5. The number of fused-ring (bicyclic) bond motifs is 1. The van der Waals surface area contributed by atoms with E-state index in [0.29, 0.717) is 4.77 Å². The quantitative estimate of drug-likeness (QED) is 0.848. The van der Waals surface area contributed by atoms with E-state index in [4.69, 9.17) is 21.7 Å². The maximum Gasteiger partial charge on any atom is 0.199 e. The molecule has 0 saturated carbocycles. The number of benzene rings is 1. The molecule has 2 N–H and O–H groups in total. The number of H-pyrrole nitrogens is 1. The van der Waals surface area contributed by atoms with Gasteiger partial charge in [0.25, 0.3) is 0 Å². The van der Waals surface area contributed by atoms with Crippen molar-refractivity contribution in [3.63, 3.8) is 0 Å². The second-order valence-electron chi connectivity index (χ2n) is 5.17. The summed E-state index contributed by atoms with van der Waals surface area (Å²) in [4.78, 5) is 7.67. The molecule has 0 fully saturated rings. The molecular formula is C16H19N3O2S. The van der Waals surface area contributed by atoms with E-state index >= 15 is 0 Å². The number of nitrogens with zero attached hydrogens (tertiary/aromatic N) is 1. The molecule has 0 spiro atoms. The third kappa shape index (κ3) is 2.66. The van der Waals surface area contributed by atoms with E-state index in [0.717, 1.165) is 59.9 Å². The number of anilines is 1. The Balaban J connectivity index is 2.29. The van der Waals surface area contributed by atoms with Gasteiger partial charge in [-0.15, -0.1) is 0 Å². The summed E-state index contributed by atoms with van der Waals surface area (Å²) in [5.41, 5.74) is 2.95. The van der Waals surface area contributed by atoms with Gasteiger partial charge >= 0.3 is 0 Å². The summed E-state index contributed by atoms with van der Waals surface area (Å²) in [5.74, 6) is 2.37.